The number of imidazole rings is 1. The van der Waals surface area contributed by atoms with E-state index in [1.165, 1.54) is 4.57 Å². The minimum absolute atomic E-state index is 0.562. The maximum atomic E-state index is 12.5. The molecule has 6 heteroatoms. The van der Waals surface area contributed by atoms with Crippen LogP contribution in [0.3, 0.4) is 0 Å². The summed E-state index contributed by atoms with van der Waals surface area (Å²) in [4.78, 5) is 3.37. The number of nitrogens with zero attached hydrogens (tertiary/aromatic N) is 2. The lowest BCUT2D eigenvalue weighted by molar-refractivity contribution is -0.140. The van der Waals surface area contributed by atoms with Crippen molar-refractivity contribution in [2.75, 3.05) is 0 Å². The van der Waals surface area contributed by atoms with Crippen molar-refractivity contribution in [3.05, 3.63) is 47.0 Å². The van der Waals surface area contributed by atoms with E-state index in [4.69, 9.17) is 11.6 Å². The van der Waals surface area contributed by atoms with Gasteiger partial charge >= 0.3 is 6.18 Å². The first-order chi connectivity index (χ1) is 8.41. The highest BCUT2D eigenvalue weighted by atomic mass is 35.5. The van der Waals surface area contributed by atoms with Gasteiger partial charge < -0.3 is 4.57 Å². The van der Waals surface area contributed by atoms with E-state index in [-0.39, 0.29) is 0 Å². The van der Waals surface area contributed by atoms with E-state index in [1.54, 1.807) is 18.2 Å². The Kier molecular flexibility index (Phi) is 3.34. The molecular weight excluding hydrogens is 265 g/mol. The van der Waals surface area contributed by atoms with Crippen LogP contribution in [0.2, 0.25) is 5.02 Å². The van der Waals surface area contributed by atoms with Crippen LogP contribution in [0.4, 0.5) is 13.2 Å². The van der Waals surface area contributed by atoms with Crippen molar-refractivity contribution in [1.82, 2.24) is 9.55 Å². The first-order valence-corrected chi connectivity index (χ1v) is 5.69. The molecule has 0 saturated heterocycles. The number of rotatable bonds is 2. The third-order valence-corrected chi connectivity index (χ3v) is 2.81. The summed E-state index contributed by atoms with van der Waals surface area (Å²) in [5.41, 5.74) is 0.623. The van der Waals surface area contributed by atoms with Crippen molar-refractivity contribution in [1.29, 1.82) is 0 Å². The molecule has 0 aliphatic rings. The fourth-order valence-electron chi connectivity index (χ4n) is 1.69. The Balaban J connectivity index is 2.46. The van der Waals surface area contributed by atoms with Gasteiger partial charge in [0, 0.05) is 16.9 Å². The third kappa shape index (κ3) is 2.51. The molecule has 0 aliphatic carbocycles. The number of aromatic nitrogens is 2. The van der Waals surface area contributed by atoms with Crippen LogP contribution in [0.15, 0.2) is 30.7 Å². The van der Waals surface area contributed by atoms with Crippen LogP contribution in [0, 0.1) is 0 Å². The zero-order chi connectivity index (χ0) is 13.3. The van der Waals surface area contributed by atoms with Crippen LogP contribution in [0.1, 0.15) is 18.2 Å². The predicted octanol–water partition coefficient (Wildman–Crippen LogP) is 4.11. The smallest absolute Gasteiger partial charge is 0.305 e. The predicted molar refractivity (Wildman–Crippen MR) is 63.0 cm³/mol. The minimum atomic E-state index is -4.43. The molecular formula is C12H10ClF3N2. The molecule has 0 spiro atoms. The van der Waals surface area contributed by atoms with Gasteiger partial charge in [-0.05, 0) is 30.2 Å². The molecule has 0 bridgehead atoms. The lowest BCUT2D eigenvalue weighted by atomic mass is 10.1. The molecule has 0 N–H and O–H groups in total. The number of alkyl halides is 3. The second-order valence-electron chi connectivity index (χ2n) is 3.79. The Morgan fingerprint density at radius 1 is 1.33 bits per heavy atom. The van der Waals surface area contributed by atoms with Crippen LogP contribution >= 0.6 is 11.6 Å². The number of halogens is 4. The lowest BCUT2D eigenvalue weighted by Gasteiger charge is -2.08. The molecule has 2 rings (SSSR count). The van der Waals surface area contributed by atoms with E-state index in [9.17, 15) is 13.2 Å². The quantitative estimate of drug-likeness (QED) is 0.806. The average Bonchev–Trinajstić information content (AvgIpc) is 2.77. The highest BCUT2D eigenvalue weighted by molar-refractivity contribution is 6.30. The maximum Gasteiger partial charge on any atom is 0.434 e. The Labute approximate surface area is 107 Å². The molecule has 0 atom stereocenters. The van der Waals surface area contributed by atoms with Crippen LogP contribution in [-0.2, 0) is 12.6 Å². The second kappa shape index (κ2) is 4.65. The fraction of sp³-hybridized carbons (Fsp3) is 0.250. The molecule has 2 aromatic rings. The van der Waals surface area contributed by atoms with E-state index in [0.29, 0.717) is 17.1 Å². The zero-order valence-corrected chi connectivity index (χ0v) is 10.3. The van der Waals surface area contributed by atoms with Crippen LogP contribution in [0.25, 0.3) is 5.69 Å². The topological polar surface area (TPSA) is 17.8 Å². The molecule has 18 heavy (non-hydrogen) atoms. The number of hydrogen-bond donors (Lipinski definition) is 0. The van der Waals surface area contributed by atoms with Crippen LogP contribution < -0.4 is 0 Å². The van der Waals surface area contributed by atoms with Gasteiger partial charge in [0.2, 0.25) is 0 Å². The average molecular weight is 275 g/mol. The Hall–Kier alpha value is -1.49. The zero-order valence-electron chi connectivity index (χ0n) is 9.50. The highest BCUT2D eigenvalue weighted by Crippen LogP contribution is 2.29. The normalized spacial score (nSPS) is 11.8. The molecule has 0 fully saturated rings. The van der Waals surface area contributed by atoms with Crippen molar-refractivity contribution in [2.45, 2.75) is 19.5 Å². The summed E-state index contributed by atoms with van der Waals surface area (Å²) in [6.07, 6.45) is -1.62. The Morgan fingerprint density at radius 2 is 2.06 bits per heavy atom. The molecule has 1 heterocycles. The van der Waals surface area contributed by atoms with Gasteiger partial charge in [0.25, 0.3) is 0 Å². The molecule has 2 nitrogen and oxygen atoms in total. The van der Waals surface area contributed by atoms with Crippen molar-refractivity contribution in [3.63, 3.8) is 0 Å². The van der Waals surface area contributed by atoms with Crippen molar-refractivity contribution in [3.8, 4) is 5.69 Å². The van der Waals surface area contributed by atoms with Gasteiger partial charge in [-0.25, -0.2) is 4.98 Å². The first kappa shape index (κ1) is 13.0. The summed E-state index contributed by atoms with van der Waals surface area (Å²) < 4.78 is 38.8. The van der Waals surface area contributed by atoms with Crippen LogP contribution in [0.5, 0.6) is 0 Å². The van der Waals surface area contributed by atoms with Gasteiger partial charge in [0.15, 0.2) is 5.69 Å². The molecule has 0 unspecified atom stereocenters. The minimum Gasteiger partial charge on any atom is -0.305 e. The van der Waals surface area contributed by atoms with E-state index in [0.717, 1.165) is 18.1 Å². The van der Waals surface area contributed by atoms with Gasteiger partial charge in [-0.3, -0.25) is 0 Å². The summed E-state index contributed by atoms with van der Waals surface area (Å²) in [6.45, 7) is 1.91. The maximum absolute atomic E-state index is 12.5. The summed E-state index contributed by atoms with van der Waals surface area (Å²) in [5.74, 6) is 0. The summed E-state index contributed by atoms with van der Waals surface area (Å²) in [7, 11) is 0. The SMILES string of the molecule is CCc1cc(Cl)ccc1-n1cnc(C(F)(F)F)c1. The molecule has 1 aromatic carbocycles. The number of aryl methyl sites for hydroxylation is 1. The van der Waals surface area contributed by atoms with Crippen molar-refractivity contribution >= 4 is 11.6 Å². The summed E-state index contributed by atoms with van der Waals surface area (Å²) in [6, 6.07) is 5.07. The largest absolute Gasteiger partial charge is 0.434 e. The fourth-order valence-corrected chi connectivity index (χ4v) is 1.88. The summed E-state index contributed by atoms with van der Waals surface area (Å²) >= 11 is 5.86. The van der Waals surface area contributed by atoms with Crippen molar-refractivity contribution in [2.24, 2.45) is 0 Å². The monoisotopic (exact) mass is 274 g/mol. The molecule has 0 aliphatic heterocycles. The Bertz CT molecular complexity index is 561. The van der Waals surface area contributed by atoms with E-state index in [1.807, 2.05) is 6.92 Å². The van der Waals surface area contributed by atoms with Gasteiger partial charge in [-0.1, -0.05) is 18.5 Å². The van der Waals surface area contributed by atoms with Gasteiger partial charge in [0.1, 0.15) is 0 Å². The van der Waals surface area contributed by atoms with Gasteiger partial charge in [0.05, 0.1) is 6.33 Å². The van der Waals surface area contributed by atoms with Crippen molar-refractivity contribution < 1.29 is 13.2 Å². The van der Waals surface area contributed by atoms with E-state index >= 15 is 0 Å². The standard InChI is InChI=1S/C12H10ClF3N2/c1-2-8-5-9(13)3-4-10(8)18-6-11(17-7-18)12(14,15)16/h3-7H,2H2,1H3. The third-order valence-electron chi connectivity index (χ3n) is 2.57. The highest BCUT2D eigenvalue weighted by Gasteiger charge is 2.33. The molecule has 0 amide bonds. The molecule has 0 saturated carbocycles. The van der Waals surface area contributed by atoms with Gasteiger partial charge in [-0.15, -0.1) is 0 Å². The lowest BCUT2D eigenvalue weighted by Crippen LogP contribution is -2.05. The first-order valence-electron chi connectivity index (χ1n) is 5.32. The molecule has 1 aromatic heterocycles. The van der Waals surface area contributed by atoms with Gasteiger partial charge in [-0.2, -0.15) is 13.2 Å². The number of benzene rings is 1. The van der Waals surface area contributed by atoms with E-state index < -0.39 is 11.9 Å². The van der Waals surface area contributed by atoms with E-state index in [2.05, 4.69) is 4.98 Å². The second-order valence-corrected chi connectivity index (χ2v) is 4.23. The Morgan fingerprint density at radius 3 is 2.61 bits per heavy atom. The number of hydrogen-bond acceptors (Lipinski definition) is 1. The molecule has 96 valence electrons. The molecule has 0 radical (unpaired) electrons. The van der Waals surface area contributed by atoms with Crippen LogP contribution in [-0.4, -0.2) is 9.55 Å². The summed E-state index contributed by atoms with van der Waals surface area (Å²) in [5, 5.41) is 0.562.